The summed E-state index contributed by atoms with van der Waals surface area (Å²) in [4.78, 5) is 32.8. The van der Waals surface area contributed by atoms with E-state index in [0.717, 1.165) is 29.8 Å². The summed E-state index contributed by atoms with van der Waals surface area (Å²) in [6.07, 6.45) is 5.02. The third-order valence-electron chi connectivity index (χ3n) is 4.90. The Balaban J connectivity index is 1.51. The van der Waals surface area contributed by atoms with Crippen LogP contribution in [0.2, 0.25) is 0 Å². The fourth-order valence-corrected chi connectivity index (χ4v) is 3.50. The molecule has 1 saturated heterocycles. The van der Waals surface area contributed by atoms with Crippen molar-refractivity contribution in [2.24, 2.45) is 0 Å². The number of nitrogens with zero attached hydrogens (tertiary/aromatic N) is 3. The molecule has 0 spiro atoms. The van der Waals surface area contributed by atoms with E-state index in [4.69, 9.17) is 4.74 Å². The molecule has 140 valence electrons. The van der Waals surface area contributed by atoms with Crippen molar-refractivity contribution in [2.45, 2.75) is 12.8 Å². The Hall–Kier alpha value is -2.93. The minimum atomic E-state index is -0.114. The summed E-state index contributed by atoms with van der Waals surface area (Å²) in [6, 6.07) is 9.17. The molecular formula is C20H22N4O3. The summed E-state index contributed by atoms with van der Waals surface area (Å²) < 4.78 is 5.28. The molecule has 4 rings (SSSR count). The van der Waals surface area contributed by atoms with Gasteiger partial charge in [0.2, 0.25) is 0 Å². The normalized spacial score (nSPS) is 16.6. The van der Waals surface area contributed by atoms with Crippen molar-refractivity contribution in [3.63, 3.8) is 0 Å². The maximum absolute atomic E-state index is 12.8. The third-order valence-corrected chi connectivity index (χ3v) is 4.90. The maximum Gasteiger partial charge on any atom is 0.321 e. The molecule has 2 aromatic rings. The number of hydrogen-bond donors (Lipinski definition) is 1. The molecule has 27 heavy (non-hydrogen) atoms. The molecule has 7 nitrogen and oxygen atoms in total. The van der Waals surface area contributed by atoms with Gasteiger partial charge in [-0.1, -0.05) is 0 Å². The van der Waals surface area contributed by atoms with Crippen molar-refractivity contribution in [2.75, 3.05) is 43.1 Å². The molecule has 0 bridgehead atoms. The highest BCUT2D eigenvalue weighted by Crippen LogP contribution is 2.31. The second-order valence-corrected chi connectivity index (χ2v) is 6.68. The maximum atomic E-state index is 12.8. The van der Waals surface area contributed by atoms with E-state index in [1.165, 1.54) is 0 Å². The van der Waals surface area contributed by atoms with Gasteiger partial charge in [-0.15, -0.1) is 0 Å². The lowest BCUT2D eigenvalue weighted by Crippen LogP contribution is -2.43. The molecule has 1 N–H and O–H groups in total. The van der Waals surface area contributed by atoms with E-state index in [1.807, 2.05) is 18.2 Å². The zero-order chi connectivity index (χ0) is 18.6. The molecule has 3 heterocycles. The number of amides is 3. The Morgan fingerprint density at radius 1 is 1.11 bits per heavy atom. The molecular weight excluding hydrogens is 344 g/mol. The molecule has 3 amide bonds. The van der Waals surface area contributed by atoms with Crippen LogP contribution in [0.15, 0.2) is 42.7 Å². The van der Waals surface area contributed by atoms with E-state index in [9.17, 15) is 9.59 Å². The molecule has 2 aliphatic heterocycles. The van der Waals surface area contributed by atoms with Gasteiger partial charge in [0.15, 0.2) is 0 Å². The Kier molecular flexibility index (Phi) is 5.02. The van der Waals surface area contributed by atoms with Crippen LogP contribution in [0.5, 0.6) is 0 Å². The highest BCUT2D eigenvalue weighted by Gasteiger charge is 2.24. The van der Waals surface area contributed by atoms with Crippen molar-refractivity contribution < 1.29 is 14.3 Å². The molecule has 0 saturated carbocycles. The fourth-order valence-electron chi connectivity index (χ4n) is 3.50. The first-order valence-electron chi connectivity index (χ1n) is 9.21. The third kappa shape index (κ3) is 3.78. The van der Waals surface area contributed by atoms with Gasteiger partial charge in [0.05, 0.1) is 18.8 Å². The summed E-state index contributed by atoms with van der Waals surface area (Å²) in [5, 5.41) is 2.96. The number of carbonyl (C=O) groups excluding carboxylic acids is 2. The van der Waals surface area contributed by atoms with E-state index >= 15 is 0 Å². The lowest BCUT2D eigenvalue weighted by atomic mass is 10.00. The number of aromatic nitrogens is 1. The lowest BCUT2D eigenvalue weighted by Gasteiger charge is -2.30. The zero-order valence-corrected chi connectivity index (χ0v) is 15.1. The fraction of sp³-hybridized carbons (Fsp3) is 0.350. The van der Waals surface area contributed by atoms with Gasteiger partial charge >= 0.3 is 6.03 Å². The Morgan fingerprint density at radius 2 is 1.96 bits per heavy atom. The van der Waals surface area contributed by atoms with Crippen LogP contribution in [-0.4, -0.2) is 54.7 Å². The van der Waals surface area contributed by atoms with Crippen LogP contribution < -0.4 is 10.2 Å². The summed E-state index contributed by atoms with van der Waals surface area (Å²) in [6.45, 7) is 3.03. The lowest BCUT2D eigenvalue weighted by molar-refractivity contribution is 0.0564. The summed E-state index contributed by atoms with van der Waals surface area (Å²) in [7, 11) is 0. The Labute approximate surface area is 157 Å². The molecule has 0 atom stereocenters. The number of hydrogen-bond acceptors (Lipinski definition) is 4. The van der Waals surface area contributed by atoms with Crippen LogP contribution in [-0.2, 0) is 11.2 Å². The van der Waals surface area contributed by atoms with Crippen molar-refractivity contribution in [1.82, 2.24) is 9.88 Å². The quantitative estimate of drug-likeness (QED) is 0.886. The number of urea groups is 1. The average Bonchev–Trinajstić information content (AvgIpc) is 2.74. The summed E-state index contributed by atoms with van der Waals surface area (Å²) in [5.41, 5.74) is 3.30. The van der Waals surface area contributed by atoms with Gasteiger partial charge in [0, 0.05) is 43.4 Å². The molecule has 0 aliphatic carbocycles. The standard InChI is InChI=1S/C20H22N4O3/c25-19(16-3-1-7-21-14-16)24-8-2-4-15-13-17(5-6-18(15)24)22-20(26)23-9-11-27-12-10-23/h1,3,5-7,13-14H,2,4,8-12H2,(H,22,26). The van der Waals surface area contributed by atoms with Crippen molar-refractivity contribution in [3.05, 3.63) is 53.9 Å². The number of aryl methyl sites for hydroxylation is 1. The monoisotopic (exact) mass is 366 g/mol. The summed E-state index contributed by atoms with van der Waals surface area (Å²) >= 11 is 0. The topological polar surface area (TPSA) is 74.8 Å². The molecule has 2 aliphatic rings. The van der Waals surface area contributed by atoms with Gasteiger partial charge in [-0.25, -0.2) is 4.79 Å². The molecule has 1 aromatic carbocycles. The molecule has 0 unspecified atom stereocenters. The van der Waals surface area contributed by atoms with Crippen LogP contribution in [0.25, 0.3) is 0 Å². The largest absolute Gasteiger partial charge is 0.378 e. The number of morpholine rings is 1. The molecule has 1 fully saturated rings. The van der Waals surface area contributed by atoms with Gasteiger partial charge in [0.1, 0.15) is 0 Å². The van der Waals surface area contributed by atoms with Crippen LogP contribution >= 0.6 is 0 Å². The van der Waals surface area contributed by atoms with Gasteiger partial charge in [-0.3, -0.25) is 9.78 Å². The number of benzene rings is 1. The number of rotatable bonds is 2. The second-order valence-electron chi connectivity index (χ2n) is 6.68. The first kappa shape index (κ1) is 17.5. The molecule has 0 radical (unpaired) electrons. The van der Waals surface area contributed by atoms with Crippen molar-refractivity contribution >= 4 is 23.3 Å². The number of anilines is 2. The number of fused-ring (bicyclic) bond motifs is 1. The number of nitrogens with one attached hydrogen (secondary N) is 1. The second kappa shape index (κ2) is 7.75. The molecule has 7 heteroatoms. The first-order valence-corrected chi connectivity index (χ1v) is 9.21. The van der Waals surface area contributed by atoms with E-state index < -0.39 is 0 Å². The summed E-state index contributed by atoms with van der Waals surface area (Å²) in [5.74, 6) is -0.0471. The van der Waals surface area contributed by atoms with Crippen LogP contribution in [0.4, 0.5) is 16.2 Å². The van der Waals surface area contributed by atoms with Crippen molar-refractivity contribution in [1.29, 1.82) is 0 Å². The first-order chi connectivity index (χ1) is 13.2. The predicted octanol–water partition coefficient (Wildman–Crippen LogP) is 2.54. The number of pyridine rings is 1. The predicted molar refractivity (Wildman–Crippen MR) is 102 cm³/mol. The van der Waals surface area contributed by atoms with E-state index in [2.05, 4.69) is 10.3 Å². The zero-order valence-electron chi connectivity index (χ0n) is 15.1. The smallest absolute Gasteiger partial charge is 0.321 e. The Bertz CT molecular complexity index is 834. The van der Waals surface area contributed by atoms with E-state index in [-0.39, 0.29) is 11.9 Å². The minimum absolute atomic E-state index is 0.0471. The van der Waals surface area contributed by atoms with Crippen LogP contribution in [0, 0.1) is 0 Å². The highest BCUT2D eigenvalue weighted by molar-refractivity contribution is 6.06. The Morgan fingerprint density at radius 3 is 2.74 bits per heavy atom. The van der Waals surface area contributed by atoms with Crippen LogP contribution in [0.3, 0.4) is 0 Å². The molecule has 1 aromatic heterocycles. The average molecular weight is 366 g/mol. The highest BCUT2D eigenvalue weighted by atomic mass is 16.5. The van der Waals surface area contributed by atoms with Gasteiger partial charge in [0.25, 0.3) is 5.91 Å². The van der Waals surface area contributed by atoms with Gasteiger partial charge in [-0.05, 0) is 48.7 Å². The van der Waals surface area contributed by atoms with E-state index in [1.54, 1.807) is 34.3 Å². The van der Waals surface area contributed by atoms with Crippen LogP contribution in [0.1, 0.15) is 22.3 Å². The minimum Gasteiger partial charge on any atom is -0.378 e. The van der Waals surface area contributed by atoms with E-state index in [0.29, 0.717) is 38.4 Å². The van der Waals surface area contributed by atoms with Crippen molar-refractivity contribution in [3.8, 4) is 0 Å². The number of carbonyl (C=O) groups is 2. The number of ether oxygens (including phenoxy) is 1. The SMILES string of the molecule is O=C(Nc1ccc2c(c1)CCCN2C(=O)c1cccnc1)N1CCOCC1. The van der Waals surface area contributed by atoms with Gasteiger partial charge < -0.3 is 19.9 Å². The van der Waals surface area contributed by atoms with Gasteiger partial charge in [-0.2, -0.15) is 0 Å².